The van der Waals surface area contributed by atoms with Gasteiger partial charge in [-0.3, -0.25) is 0 Å². The number of rotatable bonds is 4. The normalized spacial score (nSPS) is 16.4. The SMILES string of the molecule is CCO/C(O)=C(\C=[N+](C)C)N1CO1. The van der Waals surface area contributed by atoms with Crippen molar-refractivity contribution in [3.8, 4) is 0 Å². The van der Waals surface area contributed by atoms with Gasteiger partial charge in [0.2, 0.25) is 5.70 Å². The van der Waals surface area contributed by atoms with E-state index in [1.165, 1.54) is 0 Å². The fourth-order valence-corrected chi connectivity index (χ4v) is 0.849. The molecule has 0 aromatic heterocycles. The van der Waals surface area contributed by atoms with Crippen molar-refractivity contribution in [1.29, 1.82) is 0 Å². The van der Waals surface area contributed by atoms with Gasteiger partial charge in [0.25, 0.3) is 0 Å². The zero-order valence-corrected chi connectivity index (χ0v) is 8.15. The van der Waals surface area contributed by atoms with Gasteiger partial charge < -0.3 is 9.84 Å². The molecule has 0 aliphatic carbocycles. The molecule has 0 saturated carbocycles. The van der Waals surface area contributed by atoms with Gasteiger partial charge in [0.1, 0.15) is 14.1 Å². The molecule has 0 radical (unpaired) electrons. The Hall–Kier alpha value is -1.23. The summed E-state index contributed by atoms with van der Waals surface area (Å²) in [6.07, 6.45) is 1.73. The van der Waals surface area contributed by atoms with Crippen molar-refractivity contribution in [2.24, 2.45) is 0 Å². The number of aliphatic hydroxyl groups excluding tert-OH is 1. The van der Waals surface area contributed by atoms with E-state index >= 15 is 0 Å². The molecule has 5 heteroatoms. The largest absolute Gasteiger partial charge is 0.479 e. The smallest absolute Gasteiger partial charge is 0.310 e. The maximum absolute atomic E-state index is 9.45. The summed E-state index contributed by atoms with van der Waals surface area (Å²) >= 11 is 0. The summed E-state index contributed by atoms with van der Waals surface area (Å²) in [4.78, 5) is 4.92. The first-order valence-corrected chi connectivity index (χ1v) is 4.13. The summed E-state index contributed by atoms with van der Waals surface area (Å²) in [5.41, 5.74) is 0.548. The third-order valence-electron chi connectivity index (χ3n) is 1.41. The molecule has 1 fully saturated rings. The van der Waals surface area contributed by atoms with Crippen LogP contribution in [-0.4, -0.2) is 48.4 Å². The van der Waals surface area contributed by atoms with Crippen LogP contribution in [0, 0.1) is 0 Å². The minimum atomic E-state index is -0.103. The fourth-order valence-electron chi connectivity index (χ4n) is 0.849. The zero-order valence-electron chi connectivity index (χ0n) is 8.15. The molecule has 1 aliphatic heterocycles. The van der Waals surface area contributed by atoms with Gasteiger partial charge in [-0.15, -0.1) is 0 Å². The van der Waals surface area contributed by atoms with Gasteiger partial charge in [-0.1, -0.05) is 0 Å². The molecule has 5 nitrogen and oxygen atoms in total. The summed E-state index contributed by atoms with van der Waals surface area (Å²) < 4.78 is 6.77. The Morgan fingerprint density at radius 3 is 2.69 bits per heavy atom. The van der Waals surface area contributed by atoms with E-state index in [2.05, 4.69) is 0 Å². The van der Waals surface area contributed by atoms with Gasteiger partial charge in [-0.2, -0.15) is 0 Å². The highest BCUT2D eigenvalue weighted by Gasteiger charge is 2.28. The number of allylic oxidation sites excluding steroid dienone is 1. The van der Waals surface area contributed by atoms with Crippen LogP contribution in [0.25, 0.3) is 0 Å². The number of hydrogen-bond acceptors (Lipinski definition) is 4. The molecule has 74 valence electrons. The lowest BCUT2D eigenvalue weighted by Gasteiger charge is -2.03. The average Bonchev–Trinajstić information content (AvgIpc) is 2.82. The number of ether oxygens (including phenoxy) is 1. The molecule has 0 spiro atoms. The molecule has 1 aliphatic rings. The Kier molecular flexibility index (Phi) is 3.13. The van der Waals surface area contributed by atoms with Crippen molar-refractivity contribution in [1.82, 2.24) is 5.06 Å². The highest BCUT2D eigenvalue weighted by molar-refractivity contribution is 5.73. The van der Waals surface area contributed by atoms with Crippen molar-refractivity contribution >= 4 is 6.21 Å². The molecule has 0 amide bonds. The summed E-state index contributed by atoms with van der Waals surface area (Å²) in [6.45, 7) is 2.74. The fraction of sp³-hybridized carbons (Fsp3) is 0.625. The molecule has 1 N–H and O–H groups in total. The third-order valence-corrected chi connectivity index (χ3v) is 1.41. The number of hydrogen-bond donors (Lipinski definition) is 1. The number of hydroxylamine groups is 2. The maximum Gasteiger partial charge on any atom is 0.310 e. The minimum absolute atomic E-state index is 0.103. The zero-order chi connectivity index (χ0) is 9.84. The van der Waals surface area contributed by atoms with Crippen molar-refractivity contribution in [2.75, 3.05) is 27.4 Å². The highest BCUT2D eigenvalue weighted by Crippen LogP contribution is 2.17. The van der Waals surface area contributed by atoms with E-state index in [-0.39, 0.29) is 5.95 Å². The molecular formula is C8H15N2O3+. The van der Waals surface area contributed by atoms with Gasteiger partial charge in [0, 0.05) is 0 Å². The first-order chi connectivity index (χ1) is 6.15. The van der Waals surface area contributed by atoms with E-state index in [0.717, 1.165) is 0 Å². The lowest BCUT2D eigenvalue weighted by Crippen LogP contribution is -2.11. The standard InChI is InChI=1S/C8H14N2O3/c1-4-12-8(11)7(5-9(2)3)10-6-13-10/h5H,4,6H2,1-3H3/p+1. The van der Waals surface area contributed by atoms with E-state index in [9.17, 15) is 5.11 Å². The molecule has 0 unspecified atom stereocenters. The molecule has 0 bridgehead atoms. The maximum atomic E-state index is 9.45. The molecule has 1 heterocycles. The predicted molar refractivity (Wildman–Crippen MR) is 47.2 cm³/mol. The minimum Gasteiger partial charge on any atom is -0.479 e. The van der Waals surface area contributed by atoms with Gasteiger partial charge in [-0.25, -0.2) is 14.5 Å². The second kappa shape index (κ2) is 4.13. The van der Waals surface area contributed by atoms with Crippen molar-refractivity contribution in [3.63, 3.8) is 0 Å². The van der Waals surface area contributed by atoms with E-state index in [4.69, 9.17) is 9.57 Å². The van der Waals surface area contributed by atoms with Crippen LogP contribution in [0.2, 0.25) is 0 Å². The quantitative estimate of drug-likeness (QED) is 0.297. The second-order valence-electron chi connectivity index (χ2n) is 2.85. The van der Waals surface area contributed by atoms with Crippen molar-refractivity contribution in [2.45, 2.75) is 6.92 Å². The van der Waals surface area contributed by atoms with Gasteiger partial charge >= 0.3 is 5.95 Å². The van der Waals surface area contributed by atoms with Crippen LogP contribution in [-0.2, 0) is 9.57 Å². The molecule has 1 saturated heterocycles. The Bertz CT molecular complexity index is 240. The summed E-state index contributed by atoms with van der Waals surface area (Å²) in [6, 6.07) is 0. The second-order valence-corrected chi connectivity index (χ2v) is 2.85. The van der Waals surface area contributed by atoms with Crippen LogP contribution in [0.1, 0.15) is 6.92 Å². The summed E-state index contributed by atoms with van der Waals surface area (Å²) in [5.74, 6) is -0.103. The van der Waals surface area contributed by atoms with Crippen LogP contribution < -0.4 is 0 Å². The van der Waals surface area contributed by atoms with Crippen molar-refractivity contribution < 1.29 is 19.3 Å². The summed E-state index contributed by atoms with van der Waals surface area (Å²) in [7, 11) is 3.73. The Balaban J connectivity index is 2.76. The Labute approximate surface area is 77.4 Å². The molecule has 0 atom stereocenters. The van der Waals surface area contributed by atoms with Gasteiger partial charge in [-0.05, 0) is 6.92 Å². The van der Waals surface area contributed by atoms with Gasteiger partial charge in [0.15, 0.2) is 12.9 Å². The molecule has 0 aromatic carbocycles. The first kappa shape index (κ1) is 9.85. The molecular weight excluding hydrogens is 172 g/mol. The lowest BCUT2D eigenvalue weighted by molar-refractivity contribution is -0.459. The highest BCUT2D eigenvalue weighted by atomic mass is 16.8. The van der Waals surface area contributed by atoms with Crippen molar-refractivity contribution in [3.05, 3.63) is 11.6 Å². The molecule has 0 aromatic rings. The van der Waals surface area contributed by atoms with E-state index in [1.807, 2.05) is 25.6 Å². The van der Waals surface area contributed by atoms with E-state index < -0.39 is 0 Å². The Morgan fingerprint density at radius 2 is 2.31 bits per heavy atom. The Morgan fingerprint density at radius 1 is 1.69 bits per heavy atom. The average molecular weight is 187 g/mol. The van der Waals surface area contributed by atoms with Crippen LogP contribution >= 0.6 is 0 Å². The predicted octanol–water partition coefficient (Wildman–Crippen LogP) is 0.298. The van der Waals surface area contributed by atoms with Crippen LogP contribution in [0.15, 0.2) is 11.6 Å². The van der Waals surface area contributed by atoms with Crippen LogP contribution in [0.5, 0.6) is 0 Å². The number of aliphatic hydroxyl groups is 1. The van der Waals surface area contributed by atoms with E-state index in [0.29, 0.717) is 19.0 Å². The van der Waals surface area contributed by atoms with Crippen LogP contribution in [0.3, 0.4) is 0 Å². The topological polar surface area (TPSA) is 48.0 Å². The number of nitrogens with zero attached hydrogens (tertiary/aromatic N) is 2. The van der Waals surface area contributed by atoms with E-state index in [1.54, 1.807) is 11.3 Å². The summed E-state index contributed by atoms with van der Waals surface area (Å²) in [5, 5.41) is 11.0. The van der Waals surface area contributed by atoms with Crippen LogP contribution in [0.4, 0.5) is 0 Å². The monoisotopic (exact) mass is 187 g/mol. The van der Waals surface area contributed by atoms with Gasteiger partial charge in [0.05, 0.1) is 6.61 Å². The molecule has 13 heavy (non-hydrogen) atoms. The lowest BCUT2D eigenvalue weighted by atomic mass is 10.5. The molecule has 1 rings (SSSR count). The first-order valence-electron chi connectivity index (χ1n) is 4.13. The third kappa shape index (κ3) is 2.95.